The predicted molar refractivity (Wildman–Crippen MR) is 67.9 cm³/mol. The molecule has 2 rings (SSSR count). The fraction of sp³-hybridized carbons (Fsp3) is 0.167. The molecule has 0 aliphatic carbocycles. The second-order valence-corrected chi connectivity index (χ2v) is 4.13. The lowest BCUT2D eigenvalue weighted by Crippen LogP contribution is -2.04. The van der Waals surface area contributed by atoms with Crippen molar-refractivity contribution in [3.63, 3.8) is 0 Å². The summed E-state index contributed by atoms with van der Waals surface area (Å²) in [6.45, 7) is 6.51. The molecule has 0 atom stereocenters. The van der Waals surface area contributed by atoms with Gasteiger partial charge in [0.05, 0.1) is 5.52 Å². The van der Waals surface area contributed by atoms with E-state index in [2.05, 4.69) is 21.9 Å². The molecular weight excluding hydrogens is 222 g/mol. The van der Waals surface area contributed by atoms with Gasteiger partial charge in [0.15, 0.2) is 0 Å². The zero-order chi connectivity index (χ0) is 11.5. The first-order valence-corrected chi connectivity index (χ1v) is 5.33. The Morgan fingerprint density at radius 1 is 1.44 bits per heavy atom. The number of aromatic nitrogens is 2. The van der Waals surface area contributed by atoms with Gasteiger partial charge in [-0.3, -0.25) is 0 Å². The smallest absolute Gasteiger partial charge is 0.137 e. The van der Waals surface area contributed by atoms with Crippen molar-refractivity contribution in [2.45, 2.75) is 6.92 Å². The Morgan fingerprint density at radius 3 is 3.00 bits per heavy atom. The maximum absolute atomic E-state index is 5.90. The number of nitrogens with one attached hydrogen (secondary N) is 1. The minimum Gasteiger partial charge on any atom is -0.366 e. The molecule has 4 heteroatoms. The maximum atomic E-state index is 5.90. The first-order chi connectivity index (χ1) is 7.66. The van der Waals surface area contributed by atoms with E-state index in [-0.39, 0.29) is 0 Å². The summed E-state index contributed by atoms with van der Waals surface area (Å²) in [7, 11) is 0. The molecule has 0 fully saturated rings. The van der Waals surface area contributed by atoms with E-state index in [4.69, 9.17) is 11.6 Å². The molecule has 0 aliphatic rings. The van der Waals surface area contributed by atoms with Crippen LogP contribution in [-0.4, -0.2) is 16.5 Å². The molecule has 1 N–H and O–H groups in total. The second kappa shape index (κ2) is 4.49. The number of hydrogen-bond donors (Lipinski definition) is 1. The summed E-state index contributed by atoms with van der Waals surface area (Å²) in [5, 5.41) is 4.86. The minimum atomic E-state index is 0.678. The Bertz CT molecular complexity index is 537. The first-order valence-electron chi connectivity index (χ1n) is 4.95. The van der Waals surface area contributed by atoms with Crippen LogP contribution in [0.2, 0.25) is 5.02 Å². The molecule has 1 aromatic heterocycles. The monoisotopic (exact) mass is 233 g/mol. The molecule has 1 aromatic carbocycles. The summed E-state index contributed by atoms with van der Waals surface area (Å²) in [5.74, 6) is 0.810. The third kappa shape index (κ3) is 2.31. The highest BCUT2D eigenvalue weighted by Gasteiger charge is 2.03. The largest absolute Gasteiger partial charge is 0.366 e. The second-order valence-electron chi connectivity index (χ2n) is 3.69. The fourth-order valence-electron chi connectivity index (χ4n) is 1.41. The molecule has 0 bridgehead atoms. The van der Waals surface area contributed by atoms with E-state index in [9.17, 15) is 0 Å². The van der Waals surface area contributed by atoms with Gasteiger partial charge in [0.25, 0.3) is 0 Å². The van der Waals surface area contributed by atoms with Gasteiger partial charge in [-0.1, -0.05) is 23.8 Å². The Kier molecular flexibility index (Phi) is 3.06. The molecule has 82 valence electrons. The van der Waals surface area contributed by atoms with Crippen LogP contribution < -0.4 is 5.32 Å². The molecule has 16 heavy (non-hydrogen) atoms. The molecule has 0 spiro atoms. The van der Waals surface area contributed by atoms with Crippen LogP contribution in [0, 0.1) is 0 Å². The molecule has 0 saturated heterocycles. The zero-order valence-corrected chi connectivity index (χ0v) is 9.75. The van der Waals surface area contributed by atoms with Gasteiger partial charge >= 0.3 is 0 Å². The molecule has 0 unspecified atom stereocenters. The van der Waals surface area contributed by atoms with E-state index in [0.29, 0.717) is 11.6 Å². The van der Waals surface area contributed by atoms with Gasteiger partial charge in [0, 0.05) is 17.0 Å². The average molecular weight is 234 g/mol. The molecule has 1 heterocycles. The summed E-state index contributed by atoms with van der Waals surface area (Å²) in [6, 6.07) is 5.57. The van der Waals surface area contributed by atoms with Crippen molar-refractivity contribution in [1.29, 1.82) is 0 Å². The lowest BCUT2D eigenvalue weighted by atomic mass is 10.2. The molecule has 0 amide bonds. The Morgan fingerprint density at radius 2 is 2.25 bits per heavy atom. The first kappa shape index (κ1) is 10.9. The Balaban J connectivity index is 2.41. The number of rotatable bonds is 3. The van der Waals surface area contributed by atoms with Gasteiger partial charge in [0.1, 0.15) is 12.1 Å². The van der Waals surface area contributed by atoms with E-state index in [1.165, 1.54) is 6.33 Å². The Labute approximate surface area is 99.2 Å². The molecule has 3 nitrogen and oxygen atoms in total. The number of hydrogen-bond acceptors (Lipinski definition) is 3. The summed E-state index contributed by atoms with van der Waals surface area (Å²) in [5.41, 5.74) is 1.90. The molecule has 2 aromatic rings. The number of anilines is 1. The third-order valence-corrected chi connectivity index (χ3v) is 2.39. The van der Waals surface area contributed by atoms with E-state index >= 15 is 0 Å². The molecular formula is C12H12ClN3. The van der Waals surface area contributed by atoms with Crippen molar-refractivity contribution in [3.05, 3.63) is 41.7 Å². The maximum Gasteiger partial charge on any atom is 0.137 e. The lowest BCUT2D eigenvalue weighted by Gasteiger charge is -2.07. The Hall–Kier alpha value is -1.61. The minimum absolute atomic E-state index is 0.678. The van der Waals surface area contributed by atoms with Gasteiger partial charge in [-0.2, -0.15) is 0 Å². The summed E-state index contributed by atoms with van der Waals surface area (Å²) in [4.78, 5) is 8.37. The molecule has 0 aliphatic heterocycles. The predicted octanol–water partition coefficient (Wildman–Crippen LogP) is 3.27. The summed E-state index contributed by atoms with van der Waals surface area (Å²) < 4.78 is 0. The average Bonchev–Trinajstić information content (AvgIpc) is 2.25. The van der Waals surface area contributed by atoms with Gasteiger partial charge in [0.2, 0.25) is 0 Å². The van der Waals surface area contributed by atoms with Crippen LogP contribution in [0.4, 0.5) is 5.82 Å². The quantitative estimate of drug-likeness (QED) is 0.827. The third-order valence-electron chi connectivity index (χ3n) is 2.16. The summed E-state index contributed by atoms with van der Waals surface area (Å²) >= 11 is 5.90. The van der Waals surface area contributed by atoms with Crippen molar-refractivity contribution in [1.82, 2.24) is 9.97 Å². The van der Waals surface area contributed by atoms with Crippen LogP contribution in [0.1, 0.15) is 6.92 Å². The van der Waals surface area contributed by atoms with E-state index in [1.807, 2.05) is 25.1 Å². The topological polar surface area (TPSA) is 37.8 Å². The standard InChI is InChI=1S/C12H12ClN3/c1-8(2)6-14-12-10-4-3-9(13)5-11(10)15-7-16-12/h3-5,7H,1,6H2,2H3,(H,14,15,16). The number of nitrogens with zero attached hydrogens (tertiary/aromatic N) is 2. The normalized spacial score (nSPS) is 10.4. The van der Waals surface area contributed by atoms with Gasteiger partial charge in [-0.05, 0) is 25.1 Å². The fourth-order valence-corrected chi connectivity index (χ4v) is 1.57. The summed E-state index contributed by atoms with van der Waals surface area (Å²) in [6.07, 6.45) is 1.53. The van der Waals surface area contributed by atoms with Crippen LogP contribution in [-0.2, 0) is 0 Å². The zero-order valence-electron chi connectivity index (χ0n) is 9.00. The highest BCUT2D eigenvalue weighted by atomic mass is 35.5. The van der Waals surface area contributed by atoms with Crippen LogP contribution in [0.5, 0.6) is 0 Å². The van der Waals surface area contributed by atoms with Crippen LogP contribution >= 0.6 is 11.6 Å². The lowest BCUT2D eigenvalue weighted by molar-refractivity contribution is 1.15. The number of benzene rings is 1. The van der Waals surface area contributed by atoms with Crippen molar-refractivity contribution in [3.8, 4) is 0 Å². The van der Waals surface area contributed by atoms with Crippen molar-refractivity contribution in [2.24, 2.45) is 0 Å². The van der Waals surface area contributed by atoms with E-state index < -0.39 is 0 Å². The highest BCUT2D eigenvalue weighted by Crippen LogP contribution is 2.22. The van der Waals surface area contributed by atoms with Gasteiger partial charge in [-0.25, -0.2) is 9.97 Å². The van der Waals surface area contributed by atoms with Crippen molar-refractivity contribution in [2.75, 3.05) is 11.9 Å². The van der Waals surface area contributed by atoms with Crippen LogP contribution in [0.15, 0.2) is 36.7 Å². The van der Waals surface area contributed by atoms with Crippen LogP contribution in [0.25, 0.3) is 10.9 Å². The van der Waals surface area contributed by atoms with Crippen LogP contribution in [0.3, 0.4) is 0 Å². The number of halogens is 1. The van der Waals surface area contributed by atoms with Crippen molar-refractivity contribution < 1.29 is 0 Å². The molecule has 0 radical (unpaired) electrons. The highest BCUT2D eigenvalue weighted by molar-refractivity contribution is 6.31. The van der Waals surface area contributed by atoms with Gasteiger partial charge in [-0.15, -0.1) is 0 Å². The van der Waals surface area contributed by atoms with E-state index in [1.54, 1.807) is 0 Å². The van der Waals surface area contributed by atoms with E-state index in [0.717, 1.165) is 22.3 Å². The SMILES string of the molecule is C=C(C)CNc1ncnc2cc(Cl)ccc12. The van der Waals surface area contributed by atoms with Crippen molar-refractivity contribution >= 4 is 28.3 Å². The van der Waals surface area contributed by atoms with Gasteiger partial charge < -0.3 is 5.32 Å². The molecule has 0 saturated carbocycles. The number of fused-ring (bicyclic) bond motifs is 1.